The van der Waals surface area contributed by atoms with Crippen molar-refractivity contribution in [2.45, 2.75) is 39.7 Å². The fourth-order valence-electron chi connectivity index (χ4n) is 1.57. The molecule has 0 heterocycles. The van der Waals surface area contributed by atoms with Crippen molar-refractivity contribution in [2.24, 2.45) is 11.1 Å². The second-order valence-electron chi connectivity index (χ2n) is 4.78. The normalized spacial score (nSPS) is 43.6. The molecule has 1 aliphatic rings. The van der Waals surface area contributed by atoms with Crippen molar-refractivity contribution >= 4 is 0 Å². The highest BCUT2D eigenvalue weighted by Gasteiger charge is 2.19. The number of hydrogen-bond acceptors (Lipinski definition) is 1. The third-order valence-electron chi connectivity index (χ3n) is 2.85. The molecule has 0 aromatic heterocycles. The Hall–Kier alpha value is -0.820. The number of hydrogen-bond donors (Lipinski definition) is 1. The van der Waals surface area contributed by atoms with Crippen LogP contribution in [0.2, 0.25) is 0 Å². The Morgan fingerprint density at radius 1 is 1.21 bits per heavy atom. The van der Waals surface area contributed by atoms with Crippen molar-refractivity contribution in [2.75, 3.05) is 0 Å². The molecule has 0 radical (unpaired) electrons. The molecular formula is C13H21N. The van der Waals surface area contributed by atoms with Crippen molar-refractivity contribution in [3.05, 3.63) is 36.0 Å². The molecule has 2 atom stereocenters. The quantitative estimate of drug-likeness (QED) is 0.633. The maximum atomic E-state index is 6.12. The van der Waals surface area contributed by atoms with E-state index in [-0.39, 0.29) is 11.0 Å². The second-order valence-corrected chi connectivity index (χ2v) is 4.78. The van der Waals surface area contributed by atoms with Gasteiger partial charge < -0.3 is 5.73 Å². The lowest BCUT2D eigenvalue weighted by atomic mass is 9.82. The average Bonchev–Trinajstić information content (AvgIpc) is 2.10. The van der Waals surface area contributed by atoms with E-state index in [1.165, 1.54) is 5.57 Å². The summed E-state index contributed by atoms with van der Waals surface area (Å²) in [5.41, 5.74) is 7.19. The third kappa shape index (κ3) is 2.85. The maximum absolute atomic E-state index is 6.12. The predicted octanol–water partition coefficient (Wildman–Crippen LogP) is 3.19. The van der Waals surface area contributed by atoms with Crippen LogP contribution in [0.15, 0.2) is 36.0 Å². The monoisotopic (exact) mass is 191 g/mol. The van der Waals surface area contributed by atoms with Crippen LogP contribution in [0.4, 0.5) is 0 Å². The smallest absolute Gasteiger partial charge is 0.0502 e. The standard InChI is InChI=1S/C13H21N/c1-5-12(3)7-6-11(2)10-13(4,14)9-8-12/h6-10H,5,14H2,1-4H3/b7-6-,9-8?,11-10-. The van der Waals surface area contributed by atoms with E-state index in [1.54, 1.807) is 0 Å². The summed E-state index contributed by atoms with van der Waals surface area (Å²) in [6.45, 7) is 8.55. The van der Waals surface area contributed by atoms with Gasteiger partial charge in [0.25, 0.3) is 0 Å². The molecule has 0 spiro atoms. The first kappa shape index (κ1) is 11.3. The van der Waals surface area contributed by atoms with Gasteiger partial charge in [-0.1, -0.05) is 49.8 Å². The van der Waals surface area contributed by atoms with Crippen LogP contribution in [0.5, 0.6) is 0 Å². The zero-order chi connectivity index (χ0) is 10.8. The van der Waals surface area contributed by atoms with E-state index in [4.69, 9.17) is 5.73 Å². The van der Waals surface area contributed by atoms with Crippen LogP contribution in [0.1, 0.15) is 34.1 Å². The highest BCUT2D eigenvalue weighted by molar-refractivity contribution is 5.31. The Morgan fingerprint density at radius 2 is 1.86 bits per heavy atom. The van der Waals surface area contributed by atoms with Crippen LogP contribution in [-0.4, -0.2) is 5.54 Å². The van der Waals surface area contributed by atoms with Gasteiger partial charge in [0.15, 0.2) is 0 Å². The van der Waals surface area contributed by atoms with Crippen LogP contribution < -0.4 is 5.73 Å². The van der Waals surface area contributed by atoms with Gasteiger partial charge in [-0.15, -0.1) is 0 Å². The topological polar surface area (TPSA) is 26.0 Å². The minimum atomic E-state index is -0.314. The van der Waals surface area contributed by atoms with E-state index in [0.29, 0.717) is 0 Å². The lowest BCUT2D eigenvalue weighted by Crippen LogP contribution is -2.32. The third-order valence-corrected chi connectivity index (χ3v) is 2.85. The fourth-order valence-corrected chi connectivity index (χ4v) is 1.57. The molecule has 78 valence electrons. The molecule has 0 fully saturated rings. The number of rotatable bonds is 1. The highest BCUT2D eigenvalue weighted by atomic mass is 14.7. The van der Waals surface area contributed by atoms with Crippen molar-refractivity contribution in [3.63, 3.8) is 0 Å². The minimum Gasteiger partial charge on any atom is -0.319 e. The Balaban J connectivity index is 3.10. The van der Waals surface area contributed by atoms with Crippen molar-refractivity contribution < 1.29 is 0 Å². The van der Waals surface area contributed by atoms with Gasteiger partial charge in [-0.05, 0) is 20.3 Å². The molecule has 0 aliphatic heterocycles. The van der Waals surface area contributed by atoms with Crippen LogP contribution in [-0.2, 0) is 0 Å². The van der Waals surface area contributed by atoms with Gasteiger partial charge in [-0.3, -0.25) is 0 Å². The summed E-state index contributed by atoms with van der Waals surface area (Å²) >= 11 is 0. The predicted molar refractivity (Wildman–Crippen MR) is 63.0 cm³/mol. The van der Waals surface area contributed by atoms with Gasteiger partial charge >= 0.3 is 0 Å². The summed E-state index contributed by atoms with van der Waals surface area (Å²) in [7, 11) is 0. The van der Waals surface area contributed by atoms with Gasteiger partial charge in [-0.2, -0.15) is 0 Å². The summed E-state index contributed by atoms with van der Waals surface area (Å²) in [5.74, 6) is 0. The van der Waals surface area contributed by atoms with Gasteiger partial charge in [0.1, 0.15) is 0 Å². The van der Waals surface area contributed by atoms with Crippen molar-refractivity contribution in [1.29, 1.82) is 0 Å². The van der Waals surface area contributed by atoms with Gasteiger partial charge in [0.05, 0.1) is 5.54 Å². The van der Waals surface area contributed by atoms with Crippen LogP contribution in [0.3, 0.4) is 0 Å². The largest absolute Gasteiger partial charge is 0.319 e. The molecule has 1 aliphatic carbocycles. The molecule has 0 aromatic rings. The summed E-state index contributed by atoms with van der Waals surface area (Å²) in [6, 6.07) is 0. The first-order valence-electron chi connectivity index (χ1n) is 5.25. The SMILES string of the molecule is CCC1(C)C=CC(C)(N)/C=C(C)\C=C/1. The van der Waals surface area contributed by atoms with Crippen LogP contribution >= 0.6 is 0 Å². The second kappa shape index (κ2) is 3.74. The van der Waals surface area contributed by atoms with E-state index in [0.717, 1.165) is 6.42 Å². The van der Waals surface area contributed by atoms with E-state index in [9.17, 15) is 0 Å². The molecule has 0 aromatic carbocycles. The Morgan fingerprint density at radius 3 is 2.43 bits per heavy atom. The van der Waals surface area contributed by atoms with E-state index < -0.39 is 0 Å². The van der Waals surface area contributed by atoms with E-state index in [1.807, 2.05) is 6.92 Å². The molecule has 1 rings (SSSR count). The summed E-state index contributed by atoms with van der Waals surface area (Å²) < 4.78 is 0. The Kier molecular flexibility index (Phi) is 3.01. The summed E-state index contributed by atoms with van der Waals surface area (Å²) in [4.78, 5) is 0. The average molecular weight is 191 g/mol. The summed E-state index contributed by atoms with van der Waals surface area (Å²) in [6.07, 6.45) is 11.9. The van der Waals surface area contributed by atoms with Crippen LogP contribution in [0.25, 0.3) is 0 Å². The molecule has 2 N–H and O–H groups in total. The zero-order valence-electron chi connectivity index (χ0n) is 9.67. The molecule has 0 saturated heterocycles. The minimum absolute atomic E-state index is 0.149. The molecule has 0 saturated carbocycles. The molecular weight excluding hydrogens is 170 g/mol. The first-order chi connectivity index (χ1) is 6.37. The molecule has 1 nitrogen and oxygen atoms in total. The van der Waals surface area contributed by atoms with E-state index >= 15 is 0 Å². The lowest BCUT2D eigenvalue weighted by Gasteiger charge is -2.25. The van der Waals surface area contributed by atoms with E-state index in [2.05, 4.69) is 51.2 Å². The fraction of sp³-hybridized carbons (Fsp3) is 0.538. The highest BCUT2D eigenvalue weighted by Crippen LogP contribution is 2.28. The zero-order valence-corrected chi connectivity index (χ0v) is 9.67. The van der Waals surface area contributed by atoms with Gasteiger partial charge in [0.2, 0.25) is 0 Å². The number of allylic oxidation sites excluding steroid dienone is 4. The molecule has 14 heavy (non-hydrogen) atoms. The van der Waals surface area contributed by atoms with Crippen LogP contribution in [0, 0.1) is 5.41 Å². The molecule has 2 unspecified atom stereocenters. The van der Waals surface area contributed by atoms with Crippen molar-refractivity contribution in [1.82, 2.24) is 0 Å². The van der Waals surface area contributed by atoms with Crippen molar-refractivity contribution in [3.8, 4) is 0 Å². The first-order valence-corrected chi connectivity index (χ1v) is 5.25. The molecule has 1 heteroatoms. The maximum Gasteiger partial charge on any atom is 0.0502 e. The summed E-state index contributed by atoms with van der Waals surface area (Å²) in [5, 5.41) is 0. The molecule has 0 bridgehead atoms. The van der Waals surface area contributed by atoms with Gasteiger partial charge in [0, 0.05) is 5.41 Å². The Labute approximate surface area is 87.4 Å². The van der Waals surface area contributed by atoms with Gasteiger partial charge in [-0.25, -0.2) is 0 Å². The molecule has 0 amide bonds. The number of nitrogens with two attached hydrogens (primary N) is 1. The Bertz CT molecular complexity index is 294. The lowest BCUT2D eigenvalue weighted by molar-refractivity contribution is 0.521.